The van der Waals surface area contributed by atoms with E-state index in [0.29, 0.717) is 31.9 Å². The number of nitrogens with one attached hydrogen (secondary N) is 2. The van der Waals surface area contributed by atoms with Gasteiger partial charge in [-0.15, -0.1) is 0 Å². The molecule has 0 saturated heterocycles. The lowest BCUT2D eigenvalue weighted by atomic mass is 10.0. The van der Waals surface area contributed by atoms with E-state index in [0.717, 1.165) is 11.8 Å². The maximum absolute atomic E-state index is 12.9. The molecule has 2 aromatic carbocycles. The van der Waals surface area contributed by atoms with Crippen LogP contribution in [0.3, 0.4) is 0 Å². The lowest BCUT2D eigenvalue weighted by Gasteiger charge is -2.11. The molecule has 0 unspecified atom stereocenters. The van der Waals surface area contributed by atoms with Gasteiger partial charge in [0, 0.05) is 22.0 Å². The number of benzene rings is 2. The van der Waals surface area contributed by atoms with Gasteiger partial charge in [-0.25, -0.2) is 4.98 Å². The standard InChI is InChI=1S/C22H15ClN4O3/c23-16-9-7-14(8-10-16)20-12-18(17-5-1-2-6-19(17)24-20)22(29)26-25-21(28)15-4-3-11-27(30)13-15/h1-13H,(H,25,28)(H,26,29). The molecule has 0 bridgehead atoms. The lowest BCUT2D eigenvalue weighted by Crippen LogP contribution is -2.42. The summed E-state index contributed by atoms with van der Waals surface area (Å²) in [4.78, 5) is 29.7. The smallest absolute Gasteiger partial charge is 0.275 e. The zero-order valence-electron chi connectivity index (χ0n) is 15.5. The Morgan fingerprint density at radius 1 is 0.933 bits per heavy atom. The van der Waals surface area contributed by atoms with Crippen molar-refractivity contribution in [3.05, 3.63) is 100 Å². The number of rotatable bonds is 3. The van der Waals surface area contributed by atoms with Crippen LogP contribution >= 0.6 is 11.6 Å². The zero-order chi connectivity index (χ0) is 21.1. The SMILES string of the molecule is O=C(NNC(=O)c1cc(-c2ccc(Cl)cc2)nc2ccccc12)c1ccc[n+]([O-])c1. The van der Waals surface area contributed by atoms with E-state index in [2.05, 4.69) is 15.8 Å². The molecule has 0 saturated carbocycles. The first-order chi connectivity index (χ1) is 14.5. The van der Waals surface area contributed by atoms with Gasteiger partial charge in [-0.3, -0.25) is 20.4 Å². The number of para-hydroxylation sites is 1. The Morgan fingerprint density at radius 2 is 1.67 bits per heavy atom. The topological polar surface area (TPSA) is 98.0 Å². The summed E-state index contributed by atoms with van der Waals surface area (Å²) in [5, 5.41) is 12.6. The van der Waals surface area contributed by atoms with Gasteiger partial charge in [0.1, 0.15) is 5.56 Å². The highest BCUT2D eigenvalue weighted by atomic mass is 35.5. The van der Waals surface area contributed by atoms with Gasteiger partial charge >= 0.3 is 0 Å². The summed E-state index contributed by atoms with van der Waals surface area (Å²) in [6, 6.07) is 18.9. The zero-order valence-corrected chi connectivity index (χ0v) is 16.3. The maximum Gasteiger partial charge on any atom is 0.275 e. The molecule has 0 aliphatic carbocycles. The van der Waals surface area contributed by atoms with Crippen LogP contribution in [0.4, 0.5) is 0 Å². The van der Waals surface area contributed by atoms with Crippen molar-refractivity contribution in [1.82, 2.24) is 15.8 Å². The Balaban J connectivity index is 1.64. The third-order valence-corrected chi connectivity index (χ3v) is 4.68. The van der Waals surface area contributed by atoms with Crippen LogP contribution in [0.1, 0.15) is 20.7 Å². The number of hydrazine groups is 1. The Hall–Kier alpha value is -3.97. The number of halogens is 1. The molecule has 30 heavy (non-hydrogen) atoms. The van der Waals surface area contributed by atoms with Gasteiger partial charge in [-0.05, 0) is 30.3 Å². The highest BCUT2D eigenvalue weighted by Gasteiger charge is 2.16. The molecule has 2 aromatic heterocycles. The van der Waals surface area contributed by atoms with Crippen LogP contribution in [0.15, 0.2) is 79.1 Å². The summed E-state index contributed by atoms with van der Waals surface area (Å²) < 4.78 is 0.505. The minimum absolute atomic E-state index is 0.120. The van der Waals surface area contributed by atoms with Gasteiger partial charge in [0.15, 0.2) is 12.4 Å². The molecule has 0 spiro atoms. The summed E-state index contributed by atoms with van der Waals surface area (Å²) in [6.07, 6.45) is 2.37. The first kappa shape index (κ1) is 19.4. The van der Waals surface area contributed by atoms with Gasteiger partial charge in [0.2, 0.25) is 0 Å². The van der Waals surface area contributed by atoms with Crippen molar-refractivity contribution in [3.8, 4) is 11.3 Å². The molecule has 7 nitrogen and oxygen atoms in total. The molecule has 0 radical (unpaired) electrons. The van der Waals surface area contributed by atoms with Crippen LogP contribution in [-0.4, -0.2) is 16.8 Å². The van der Waals surface area contributed by atoms with Gasteiger partial charge in [-0.1, -0.05) is 41.9 Å². The van der Waals surface area contributed by atoms with E-state index in [9.17, 15) is 14.8 Å². The number of pyridine rings is 2. The van der Waals surface area contributed by atoms with Crippen molar-refractivity contribution in [2.45, 2.75) is 0 Å². The number of aromatic nitrogens is 2. The van der Waals surface area contributed by atoms with Crippen molar-refractivity contribution >= 4 is 34.3 Å². The minimum atomic E-state index is -0.607. The second-order valence-electron chi connectivity index (χ2n) is 6.44. The maximum atomic E-state index is 12.9. The van der Waals surface area contributed by atoms with Gasteiger partial charge < -0.3 is 5.21 Å². The van der Waals surface area contributed by atoms with E-state index in [4.69, 9.17) is 11.6 Å². The van der Waals surface area contributed by atoms with Crippen molar-refractivity contribution in [1.29, 1.82) is 0 Å². The Bertz CT molecular complexity index is 1260. The predicted octanol–water partition coefficient (Wildman–Crippen LogP) is 3.26. The predicted molar refractivity (Wildman–Crippen MR) is 113 cm³/mol. The van der Waals surface area contributed by atoms with Crippen molar-refractivity contribution in [3.63, 3.8) is 0 Å². The lowest BCUT2D eigenvalue weighted by molar-refractivity contribution is -0.605. The largest absolute Gasteiger partial charge is 0.619 e. The number of fused-ring (bicyclic) bond motifs is 1. The van der Waals surface area contributed by atoms with Gasteiger partial charge in [0.25, 0.3) is 11.8 Å². The van der Waals surface area contributed by atoms with E-state index in [1.807, 2.05) is 18.2 Å². The second kappa shape index (κ2) is 8.18. The molecule has 2 heterocycles. The Morgan fingerprint density at radius 3 is 2.43 bits per heavy atom. The number of amides is 2. The summed E-state index contributed by atoms with van der Waals surface area (Å²) in [5.74, 6) is -1.12. The fourth-order valence-electron chi connectivity index (χ4n) is 2.97. The Labute approximate surface area is 176 Å². The van der Waals surface area contributed by atoms with Gasteiger partial charge in [0.05, 0.1) is 16.8 Å². The summed E-state index contributed by atoms with van der Waals surface area (Å²) in [7, 11) is 0. The van der Waals surface area contributed by atoms with Crippen LogP contribution < -0.4 is 15.6 Å². The highest BCUT2D eigenvalue weighted by Crippen LogP contribution is 2.25. The molecular weight excluding hydrogens is 404 g/mol. The molecule has 4 rings (SSSR count). The van der Waals surface area contributed by atoms with Crippen LogP contribution in [0, 0.1) is 5.21 Å². The number of hydrogen-bond acceptors (Lipinski definition) is 4. The Kier molecular flexibility index (Phi) is 5.28. The molecule has 2 amide bonds. The van der Waals surface area contributed by atoms with Crippen molar-refractivity contribution < 1.29 is 14.3 Å². The number of carbonyl (C=O) groups excluding carboxylic acids is 2. The molecule has 148 valence electrons. The molecule has 0 atom stereocenters. The highest BCUT2D eigenvalue weighted by molar-refractivity contribution is 6.30. The molecule has 4 aromatic rings. The van der Waals surface area contributed by atoms with Crippen molar-refractivity contribution in [2.24, 2.45) is 0 Å². The molecule has 2 N–H and O–H groups in total. The minimum Gasteiger partial charge on any atom is -0.619 e. The van der Waals surface area contributed by atoms with E-state index in [-0.39, 0.29) is 5.56 Å². The molecule has 0 fully saturated rings. The monoisotopic (exact) mass is 418 g/mol. The molecule has 8 heteroatoms. The first-order valence-corrected chi connectivity index (χ1v) is 9.34. The molecule has 0 aliphatic heterocycles. The van der Waals surface area contributed by atoms with Crippen LogP contribution in [0.5, 0.6) is 0 Å². The van der Waals surface area contributed by atoms with Crippen LogP contribution in [0.2, 0.25) is 5.02 Å². The average molecular weight is 419 g/mol. The number of carbonyl (C=O) groups is 2. The third kappa shape index (κ3) is 4.06. The normalized spacial score (nSPS) is 10.6. The molecular formula is C22H15ClN4O3. The number of nitrogens with zero attached hydrogens (tertiary/aromatic N) is 2. The summed E-state index contributed by atoms with van der Waals surface area (Å²) >= 11 is 5.96. The number of hydrogen-bond donors (Lipinski definition) is 2. The quantitative estimate of drug-likeness (QED) is 0.303. The third-order valence-electron chi connectivity index (χ3n) is 4.43. The average Bonchev–Trinajstić information content (AvgIpc) is 2.77. The van der Waals surface area contributed by atoms with E-state index in [1.165, 1.54) is 18.3 Å². The fourth-order valence-corrected chi connectivity index (χ4v) is 3.10. The summed E-state index contributed by atoms with van der Waals surface area (Å²) in [5.41, 5.74) is 7.22. The second-order valence-corrected chi connectivity index (χ2v) is 6.88. The van der Waals surface area contributed by atoms with E-state index >= 15 is 0 Å². The summed E-state index contributed by atoms with van der Waals surface area (Å²) in [6.45, 7) is 0. The van der Waals surface area contributed by atoms with E-state index in [1.54, 1.807) is 36.4 Å². The van der Waals surface area contributed by atoms with Crippen molar-refractivity contribution in [2.75, 3.05) is 0 Å². The van der Waals surface area contributed by atoms with Gasteiger partial charge in [-0.2, -0.15) is 4.73 Å². The molecule has 0 aliphatic rings. The van der Waals surface area contributed by atoms with Crippen LogP contribution in [-0.2, 0) is 0 Å². The fraction of sp³-hybridized carbons (Fsp3) is 0. The van der Waals surface area contributed by atoms with E-state index < -0.39 is 11.8 Å². The first-order valence-electron chi connectivity index (χ1n) is 8.96. The van der Waals surface area contributed by atoms with Crippen LogP contribution in [0.25, 0.3) is 22.2 Å².